The maximum Gasteiger partial charge on any atom is 0.316 e. The van der Waals surface area contributed by atoms with Gasteiger partial charge in [0.05, 0.1) is 6.61 Å². The fourth-order valence-electron chi connectivity index (χ4n) is 2.02. The van der Waals surface area contributed by atoms with Crippen LogP contribution in [0, 0.1) is 0 Å². The number of hydrogen-bond donors (Lipinski definition) is 1. The Labute approximate surface area is 109 Å². The molecule has 1 aliphatic heterocycles. The minimum absolute atomic E-state index is 0. The summed E-state index contributed by atoms with van der Waals surface area (Å²) in [5.74, 6) is 0. The second kappa shape index (κ2) is 8.25. The van der Waals surface area contributed by atoms with Crippen LogP contribution in [0.1, 0.15) is 32.1 Å². The summed E-state index contributed by atoms with van der Waals surface area (Å²) in [5, 5.41) is 3.53. The van der Waals surface area contributed by atoms with Crippen molar-refractivity contribution in [2.75, 3.05) is 13.2 Å². The number of aromatic nitrogens is 2. The van der Waals surface area contributed by atoms with Crippen LogP contribution in [0.25, 0.3) is 0 Å². The molecule has 1 N–H and O–H groups in total. The normalized spacial score (nSPS) is 19.4. The summed E-state index contributed by atoms with van der Waals surface area (Å²) in [6, 6.07) is 2.96. The first-order valence-electron chi connectivity index (χ1n) is 6.08. The van der Waals surface area contributed by atoms with Crippen molar-refractivity contribution >= 4 is 12.4 Å². The number of nitrogens with one attached hydrogen (secondary N) is 1. The van der Waals surface area contributed by atoms with E-state index in [0.29, 0.717) is 18.7 Å². The summed E-state index contributed by atoms with van der Waals surface area (Å²) in [6.07, 6.45) is 9.64. The highest BCUT2D eigenvalue weighted by Crippen LogP contribution is 2.11. The minimum Gasteiger partial charge on any atom is -0.463 e. The highest BCUT2D eigenvalue weighted by Gasteiger charge is 2.11. The first-order valence-corrected chi connectivity index (χ1v) is 6.08. The third-order valence-corrected chi connectivity index (χ3v) is 2.88. The van der Waals surface area contributed by atoms with Crippen LogP contribution < -0.4 is 10.1 Å². The summed E-state index contributed by atoms with van der Waals surface area (Å²) < 4.78 is 5.45. The Morgan fingerprint density at radius 3 is 2.82 bits per heavy atom. The highest BCUT2D eigenvalue weighted by molar-refractivity contribution is 5.85. The molecular weight excluding hydrogens is 238 g/mol. The Balaban J connectivity index is 0.00000144. The van der Waals surface area contributed by atoms with Crippen LogP contribution >= 0.6 is 12.4 Å². The molecule has 4 nitrogen and oxygen atoms in total. The Hall–Kier alpha value is -0.870. The van der Waals surface area contributed by atoms with Gasteiger partial charge >= 0.3 is 6.01 Å². The predicted molar refractivity (Wildman–Crippen MR) is 69.7 cm³/mol. The van der Waals surface area contributed by atoms with Gasteiger partial charge in [-0.3, -0.25) is 0 Å². The van der Waals surface area contributed by atoms with Crippen LogP contribution in [0.15, 0.2) is 18.5 Å². The third-order valence-electron chi connectivity index (χ3n) is 2.88. The van der Waals surface area contributed by atoms with Crippen LogP contribution in [0.3, 0.4) is 0 Å². The topological polar surface area (TPSA) is 47.0 Å². The van der Waals surface area contributed by atoms with E-state index in [1.807, 2.05) is 0 Å². The zero-order chi connectivity index (χ0) is 11.1. The second-order valence-electron chi connectivity index (χ2n) is 4.17. The molecule has 1 unspecified atom stereocenters. The van der Waals surface area contributed by atoms with Crippen molar-refractivity contribution in [1.82, 2.24) is 15.3 Å². The molecule has 2 rings (SSSR count). The van der Waals surface area contributed by atoms with E-state index in [1.54, 1.807) is 18.5 Å². The van der Waals surface area contributed by atoms with E-state index in [4.69, 9.17) is 4.74 Å². The fraction of sp³-hybridized carbons (Fsp3) is 0.667. The third kappa shape index (κ3) is 5.33. The van der Waals surface area contributed by atoms with Gasteiger partial charge < -0.3 is 10.1 Å². The van der Waals surface area contributed by atoms with E-state index >= 15 is 0 Å². The van der Waals surface area contributed by atoms with E-state index in [1.165, 1.54) is 32.2 Å². The first-order chi connectivity index (χ1) is 7.95. The largest absolute Gasteiger partial charge is 0.463 e. The van der Waals surface area contributed by atoms with Crippen LogP contribution in [0.2, 0.25) is 0 Å². The number of ether oxygens (including phenoxy) is 1. The van der Waals surface area contributed by atoms with Crippen LogP contribution in [0.5, 0.6) is 6.01 Å². The molecule has 17 heavy (non-hydrogen) atoms. The molecule has 5 heteroatoms. The molecule has 1 aromatic heterocycles. The van der Waals surface area contributed by atoms with Crippen molar-refractivity contribution in [2.24, 2.45) is 0 Å². The lowest BCUT2D eigenvalue weighted by molar-refractivity contribution is 0.267. The van der Waals surface area contributed by atoms with E-state index in [9.17, 15) is 0 Å². The average Bonchev–Trinajstić information content (AvgIpc) is 2.37. The molecule has 0 amide bonds. The Morgan fingerprint density at radius 2 is 2.12 bits per heavy atom. The molecule has 0 spiro atoms. The lowest BCUT2D eigenvalue weighted by Gasteiger charge is -2.23. The average molecular weight is 258 g/mol. The van der Waals surface area contributed by atoms with Crippen molar-refractivity contribution in [3.8, 4) is 6.01 Å². The smallest absolute Gasteiger partial charge is 0.316 e. The van der Waals surface area contributed by atoms with E-state index < -0.39 is 0 Å². The van der Waals surface area contributed by atoms with Gasteiger partial charge in [-0.2, -0.15) is 0 Å². The summed E-state index contributed by atoms with van der Waals surface area (Å²) in [6.45, 7) is 1.88. The summed E-state index contributed by atoms with van der Waals surface area (Å²) in [4.78, 5) is 8.03. The number of halogens is 1. The molecular formula is C12H20ClN3O. The van der Waals surface area contributed by atoms with Gasteiger partial charge in [0, 0.05) is 18.4 Å². The first kappa shape index (κ1) is 14.2. The summed E-state index contributed by atoms with van der Waals surface area (Å²) in [5.41, 5.74) is 0. The fourth-order valence-corrected chi connectivity index (χ4v) is 2.02. The Bertz CT molecular complexity index is 291. The van der Waals surface area contributed by atoms with Gasteiger partial charge in [-0.05, 0) is 38.3 Å². The van der Waals surface area contributed by atoms with Crippen molar-refractivity contribution < 1.29 is 4.74 Å². The maximum absolute atomic E-state index is 5.45. The van der Waals surface area contributed by atoms with Gasteiger partial charge in [0.15, 0.2) is 0 Å². The monoisotopic (exact) mass is 257 g/mol. The molecule has 1 fully saturated rings. The van der Waals surface area contributed by atoms with Gasteiger partial charge in [0.25, 0.3) is 0 Å². The molecule has 1 saturated heterocycles. The molecule has 0 bridgehead atoms. The van der Waals surface area contributed by atoms with Crippen LogP contribution in [-0.2, 0) is 0 Å². The SMILES string of the molecule is Cl.c1cnc(OCCCC2CCCCN2)nc1. The van der Waals surface area contributed by atoms with E-state index in [2.05, 4.69) is 15.3 Å². The Morgan fingerprint density at radius 1 is 1.29 bits per heavy atom. The molecule has 0 radical (unpaired) electrons. The van der Waals surface area contributed by atoms with E-state index in [0.717, 1.165) is 6.42 Å². The summed E-state index contributed by atoms with van der Waals surface area (Å²) >= 11 is 0. The maximum atomic E-state index is 5.45. The van der Waals surface area contributed by atoms with Crippen LogP contribution in [-0.4, -0.2) is 29.2 Å². The van der Waals surface area contributed by atoms with Gasteiger partial charge in [0.1, 0.15) is 0 Å². The van der Waals surface area contributed by atoms with Gasteiger partial charge in [-0.15, -0.1) is 12.4 Å². The molecule has 0 saturated carbocycles. The zero-order valence-electron chi connectivity index (χ0n) is 9.97. The molecule has 1 atom stereocenters. The molecule has 96 valence electrons. The Kier molecular flexibility index (Phi) is 6.89. The van der Waals surface area contributed by atoms with Crippen molar-refractivity contribution in [2.45, 2.75) is 38.1 Å². The number of hydrogen-bond acceptors (Lipinski definition) is 4. The van der Waals surface area contributed by atoms with Gasteiger partial charge in [0.2, 0.25) is 0 Å². The second-order valence-corrected chi connectivity index (χ2v) is 4.17. The lowest BCUT2D eigenvalue weighted by Crippen LogP contribution is -2.34. The molecule has 0 aliphatic carbocycles. The number of rotatable bonds is 5. The minimum atomic E-state index is 0. The molecule has 1 aromatic rings. The predicted octanol–water partition coefficient (Wildman–Crippen LogP) is 2.20. The highest BCUT2D eigenvalue weighted by atomic mass is 35.5. The molecule has 2 heterocycles. The quantitative estimate of drug-likeness (QED) is 0.822. The van der Waals surface area contributed by atoms with Crippen molar-refractivity contribution in [3.63, 3.8) is 0 Å². The standard InChI is InChI=1S/C12H19N3O.ClH/c1-2-7-13-11(5-1)6-3-10-16-12-14-8-4-9-15-12;/h4,8-9,11,13H,1-3,5-7,10H2;1H. The zero-order valence-corrected chi connectivity index (χ0v) is 10.8. The number of piperidine rings is 1. The lowest BCUT2D eigenvalue weighted by atomic mass is 10.0. The van der Waals surface area contributed by atoms with E-state index in [-0.39, 0.29) is 12.4 Å². The summed E-state index contributed by atoms with van der Waals surface area (Å²) in [7, 11) is 0. The van der Waals surface area contributed by atoms with Gasteiger partial charge in [-0.1, -0.05) is 6.42 Å². The van der Waals surface area contributed by atoms with Crippen LogP contribution in [0.4, 0.5) is 0 Å². The van der Waals surface area contributed by atoms with Crippen molar-refractivity contribution in [3.05, 3.63) is 18.5 Å². The van der Waals surface area contributed by atoms with Crippen molar-refractivity contribution in [1.29, 1.82) is 0 Å². The molecule has 0 aromatic carbocycles. The van der Waals surface area contributed by atoms with Gasteiger partial charge in [-0.25, -0.2) is 9.97 Å². The number of nitrogens with zero attached hydrogens (tertiary/aromatic N) is 2. The molecule has 1 aliphatic rings.